The number of aromatic nitrogens is 2. The van der Waals surface area contributed by atoms with Gasteiger partial charge in [-0.1, -0.05) is 194 Å². The lowest BCUT2D eigenvalue weighted by Crippen LogP contribution is -2.09. The van der Waals surface area contributed by atoms with E-state index in [0.29, 0.717) is 22.5 Å². The Hall–Kier alpha value is -10.5. The predicted octanol–water partition coefficient (Wildman–Crippen LogP) is 21.6. The van der Waals surface area contributed by atoms with Gasteiger partial charge in [0.05, 0.1) is 55.0 Å². The molecule has 0 spiro atoms. The SMILES string of the molecule is [C-]#[N+]c1c(-c2ccccc2)c(C#N)c(-n2c3c(ccc4c5ccccc5sc43)c3c(-c4ccccc4)cc4c5ccccc5sc4c32)c(-c2ccccc2)c1-n1c2ccccc2c2c(-c3ccc4oc5ccccc5c4c3)cccc21. The van der Waals surface area contributed by atoms with Gasteiger partial charge in [-0.05, 0) is 81.9 Å². The highest BCUT2D eigenvalue weighted by atomic mass is 32.1. The van der Waals surface area contributed by atoms with E-state index in [1.807, 2.05) is 48.5 Å². The maximum Gasteiger partial charge on any atom is 0.220 e. The quantitative estimate of drug-likeness (QED) is 0.156. The van der Waals surface area contributed by atoms with Gasteiger partial charge in [-0.15, -0.1) is 22.7 Å². The molecule has 17 aromatic rings. The van der Waals surface area contributed by atoms with Crippen molar-refractivity contribution in [3.8, 4) is 62.0 Å². The van der Waals surface area contributed by atoms with Crippen LogP contribution in [0.2, 0.25) is 0 Å². The summed E-state index contributed by atoms with van der Waals surface area (Å²) in [6.07, 6.45) is 0. The lowest BCUT2D eigenvalue weighted by molar-refractivity contribution is 0.669. The Morgan fingerprint density at radius 1 is 0.395 bits per heavy atom. The Kier molecular flexibility index (Phi) is 9.82. The monoisotopic (exact) mass is 1060 g/mol. The number of hydrogen-bond acceptors (Lipinski definition) is 4. The van der Waals surface area contributed by atoms with Gasteiger partial charge in [0.15, 0.2) is 0 Å². The summed E-state index contributed by atoms with van der Waals surface area (Å²) in [6.45, 7) is 9.59. The molecule has 81 heavy (non-hydrogen) atoms. The number of furan rings is 1. The van der Waals surface area contributed by atoms with Crippen LogP contribution in [0.4, 0.5) is 5.69 Å². The summed E-state index contributed by atoms with van der Waals surface area (Å²) in [4.78, 5) is 4.67. The second-order valence-electron chi connectivity index (χ2n) is 20.7. The van der Waals surface area contributed by atoms with Crippen molar-refractivity contribution >= 4 is 134 Å². The van der Waals surface area contributed by atoms with Crippen molar-refractivity contribution in [3.05, 3.63) is 260 Å². The molecule has 0 unspecified atom stereocenters. The van der Waals surface area contributed by atoms with E-state index in [1.165, 1.54) is 20.2 Å². The molecule has 0 amide bonds. The van der Waals surface area contributed by atoms with E-state index < -0.39 is 0 Å². The predicted molar refractivity (Wildman–Crippen MR) is 341 cm³/mol. The minimum absolute atomic E-state index is 0.393. The van der Waals surface area contributed by atoms with Crippen LogP contribution in [0, 0.1) is 17.9 Å². The average Bonchev–Trinajstić information content (AvgIpc) is 4.47. The number of hydrogen-bond donors (Lipinski definition) is 0. The number of fused-ring (bicyclic) bond motifs is 17. The minimum atomic E-state index is 0.393. The molecule has 374 valence electrons. The van der Waals surface area contributed by atoms with Gasteiger partial charge in [-0.25, -0.2) is 4.85 Å². The molecule has 5 aromatic heterocycles. The van der Waals surface area contributed by atoms with Crippen LogP contribution in [0.1, 0.15) is 5.56 Å². The molecule has 17 rings (SSSR count). The first-order chi connectivity index (χ1) is 40.1. The number of thiophene rings is 2. The van der Waals surface area contributed by atoms with Crippen molar-refractivity contribution in [2.45, 2.75) is 0 Å². The van der Waals surface area contributed by atoms with Gasteiger partial charge in [-0.3, -0.25) is 0 Å². The fourth-order valence-electron chi connectivity index (χ4n) is 13.2. The second-order valence-corrected chi connectivity index (χ2v) is 22.9. The van der Waals surface area contributed by atoms with E-state index in [4.69, 9.17) is 4.42 Å². The summed E-state index contributed by atoms with van der Waals surface area (Å²) in [5.41, 5.74) is 15.2. The fraction of sp³-hybridized carbons (Fsp3) is 0. The van der Waals surface area contributed by atoms with Crippen molar-refractivity contribution < 1.29 is 4.42 Å². The summed E-state index contributed by atoms with van der Waals surface area (Å²) < 4.78 is 15.8. The number of para-hydroxylation sites is 2. The molecule has 0 atom stereocenters. The Labute approximate surface area is 471 Å². The van der Waals surface area contributed by atoms with Crippen LogP contribution in [0.5, 0.6) is 0 Å². The van der Waals surface area contributed by atoms with Crippen LogP contribution in [-0.2, 0) is 0 Å². The minimum Gasteiger partial charge on any atom is -0.456 e. The van der Waals surface area contributed by atoms with Gasteiger partial charge in [-0.2, -0.15) is 5.26 Å². The summed E-state index contributed by atoms with van der Waals surface area (Å²) >= 11 is 3.60. The summed E-state index contributed by atoms with van der Waals surface area (Å²) in [5, 5.41) is 23.6. The van der Waals surface area contributed by atoms with Crippen LogP contribution in [0.15, 0.2) is 247 Å². The van der Waals surface area contributed by atoms with Crippen molar-refractivity contribution in [2.75, 3.05) is 0 Å². The average molecular weight is 1070 g/mol. The molecule has 0 aliphatic carbocycles. The molecule has 0 aliphatic heterocycles. The Bertz CT molecular complexity index is 5610. The molecule has 0 aliphatic rings. The highest BCUT2D eigenvalue weighted by molar-refractivity contribution is 7.27. The lowest BCUT2D eigenvalue weighted by Gasteiger charge is -2.26. The zero-order valence-electron chi connectivity index (χ0n) is 43.1. The molecule has 5 heterocycles. The standard InChI is InChI=1S/C74H40N4OS2/c1-76-68-64(44-22-7-3-8-23-44)57(42-75)69(78-70-53(38-37-51-49-27-13-17-34-62(49)80-73(51)70)67-54(43-20-5-2-6-21-43)41-56-50-28-14-18-35-63(50)81-74(56)72(67)78)65(45-24-9-4-10-25-45)71(68)77-58-31-15-11-29-52(58)66-47(30-19-32-59(66)77)46-36-39-61-55(40-46)48-26-12-16-33-60(48)79-61/h2-41H. The van der Waals surface area contributed by atoms with Crippen molar-refractivity contribution in [1.29, 1.82) is 5.26 Å². The number of benzene rings is 12. The van der Waals surface area contributed by atoms with Crippen LogP contribution >= 0.6 is 22.7 Å². The fourth-order valence-corrected chi connectivity index (χ4v) is 15.7. The van der Waals surface area contributed by atoms with Crippen LogP contribution < -0.4 is 0 Å². The lowest BCUT2D eigenvalue weighted by atomic mass is 9.88. The Morgan fingerprint density at radius 3 is 1.69 bits per heavy atom. The van der Waals surface area contributed by atoms with E-state index in [2.05, 4.69) is 214 Å². The second kappa shape index (κ2) is 17.5. The molecular formula is C74H40N4OS2. The van der Waals surface area contributed by atoms with Gasteiger partial charge in [0, 0.05) is 74.4 Å². The molecule has 0 saturated carbocycles. The normalized spacial score (nSPS) is 11.9. The van der Waals surface area contributed by atoms with Gasteiger partial charge in [0.25, 0.3) is 0 Å². The molecule has 12 aromatic carbocycles. The zero-order chi connectivity index (χ0) is 53.4. The third-order valence-corrected chi connectivity index (χ3v) is 19.0. The third kappa shape index (κ3) is 6.45. The summed E-state index contributed by atoms with van der Waals surface area (Å²) in [7, 11) is 0. The molecule has 0 bridgehead atoms. The summed E-state index contributed by atoms with van der Waals surface area (Å²) in [5.74, 6) is 0. The maximum atomic E-state index is 12.5. The van der Waals surface area contributed by atoms with Gasteiger partial charge in [0.1, 0.15) is 17.2 Å². The van der Waals surface area contributed by atoms with E-state index in [1.54, 1.807) is 22.7 Å². The topological polar surface area (TPSA) is 51.1 Å². The van der Waals surface area contributed by atoms with E-state index in [-0.39, 0.29) is 0 Å². The molecule has 0 radical (unpaired) electrons. The highest BCUT2D eigenvalue weighted by Crippen LogP contribution is 2.56. The Balaban J connectivity index is 1.13. The van der Waals surface area contributed by atoms with E-state index >= 15 is 0 Å². The first-order valence-electron chi connectivity index (χ1n) is 27.0. The smallest absolute Gasteiger partial charge is 0.220 e. The summed E-state index contributed by atoms with van der Waals surface area (Å²) in [6, 6.07) is 88.6. The van der Waals surface area contributed by atoms with Crippen molar-refractivity contribution in [1.82, 2.24) is 9.13 Å². The molecule has 7 heteroatoms. The van der Waals surface area contributed by atoms with Gasteiger partial charge < -0.3 is 13.6 Å². The van der Waals surface area contributed by atoms with E-state index in [0.717, 1.165) is 130 Å². The van der Waals surface area contributed by atoms with Crippen LogP contribution in [0.25, 0.3) is 167 Å². The van der Waals surface area contributed by atoms with Gasteiger partial charge >= 0.3 is 0 Å². The number of rotatable bonds is 6. The maximum absolute atomic E-state index is 12.5. The molecule has 5 nitrogen and oxygen atoms in total. The first-order valence-corrected chi connectivity index (χ1v) is 28.6. The van der Waals surface area contributed by atoms with Crippen LogP contribution in [-0.4, -0.2) is 9.13 Å². The number of nitriles is 1. The van der Waals surface area contributed by atoms with E-state index in [9.17, 15) is 11.8 Å². The highest BCUT2D eigenvalue weighted by Gasteiger charge is 2.34. The molecular weight excluding hydrogens is 1020 g/mol. The van der Waals surface area contributed by atoms with Crippen molar-refractivity contribution in [3.63, 3.8) is 0 Å². The molecule has 0 fully saturated rings. The van der Waals surface area contributed by atoms with Gasteiger partial charge in [0.2, 0.25) is 5.69 Å². The number of nitrogens with zero attached hydrogens (tertiary/aromatic N) is 4. The molecule has 0 N–H and O–H groups in total. The zero-order valence-corrected chi connectivity index (χ0v) is 44.7. The first kappa shape index (κ1) is 45.5. The third-order valence-electron chi connectivity index (χ3n) is 16.6. The van der Waals surface area contributed by atoms with Crippen LogP contribution in [0.3, 0.4) is 0 Å². The Morgan fingerprint density at radius 2 is 0.975 bits per heavy atom. The largest absolute Gasteiger partial charge is 0.456 e. The molecule has 0 saturated heterocycles. The van der Waals surface area contributed by atoms with Crippen molar-refractivity contribution in [2.24, 2.45) is 0 Å².